The fourth-order valence-electron chi connectivity index (χ4n) is 1.92. The molecule has 0 atom stereocenters. The van der Waals surface area contributed by atoms with Crippen molar-refractivity contribution in [3.8, 4) is 0 Å². The van der Waals surface area contributed by atoms with E-state index in [4.69, 9.17) is 0 Å². The van der Waals surface area contributed by atoms with E-state index in [1.54, 1.807) is 0 Å². The van der Waals surface area contributed by atoms with Crippen LogP contribution in [0.15, 0.2) is 0 Å². The number of quaternary nitrogens is 1. The molecule has 0 spiro atoms. The lowest BCUT2D eigenvalue weighted by Crippen LogP contribution is -2.59. The van der Waals surface area contributed by atoms with Gasteiger partial charge in [0.05, 0.1) is 39.3 Å². The molecule has 1 fully saturated rings. The van der Waals surface area contributed by atoms with Gasteiger partial charge in [0.1, 0.15) is 0 Å². The van der Waals surface area contributed by atoms with E-state index in [1.165, 1.54) is 4.90 Å². The minimum Gasteiger partial charge on any atom is -0.321 e. The normalized spacial score (nSPS) is 21.6. The second-order valence-electron chi connectivity index (χ2n) is 3.66. The van der Waals surface area contributed by atoms with Crippen LogP contribution >= 0.6 is 0 Å². The summed E-state index contributed by atoms with van der Waals surface area (Å²) in [5.41, 5.74) is 0. The zero-order valence-corrected chi connectivity index (χ0v) is 8.42. The Bertz CT molecular complexity index is 182. The van der Waals surface area contributed by atoms with E-state index in [0.29, 0.717) is 13.1 Å². The van der Waals surface area contributed by atoms with Crippen molar-refractivity contribution in [2.75, 3.05) is 39.3 Å². The van der Waals surface area contributed by atoms with Gasteiger partial charge in [-0.05, 0) is 13.8 Å². The van der Waals surface area contributed by atoms with E-state index in [0.717, 1.165) is 30.7 Å². The van der Waals surface area contributed by atoms with Crippen LogP contribution in [0.5, 0.6) is 0 Å². The highest BCUT2D eigenvalue weighted by molar-refractivity contribution is 5.66. The fraction of sp³-hybridized carbons (Fsp3) is 0.889. The van der Waals surface area contributed by atoms with Gasteiger partial charge in [-0.2, -0.15) is 0 Å². The first-order valence-electron chi connectivity index (χ1n) is 4.93. The van der Waals surface area contributed by atoms with Crippen LogP contribution in [0, 0.1) is 0 Å². The number of halogens is 1. The molecule has 0 N–H and O–H groups in total. The monoisotopic (exact) mass is 189 g/mol. The summed E-state index contributed by atoms with van der Waals surface area (Å²) < 4.78 is 13.3. The van der Waals surface area contributed by atoms with Crippen LogP contribution in [0.2, 0.25) is 0 Å². The number of piperazine rings is 1. The summed E-state index contributed by atoms with van der Waals surface area (Å²) in [6.07, 6.45) is -1.27. The van der Waals surface area contributed by atoms with Crippen LogP contribution in [-0.2, 0) is 0 Å². The Kier molecular flexibility index (Phi) is 3.25. The third-order valence-electron chi connectivity index (χ3n) is 3.28. The molecular formula is C9H18FN2O+. The molecule has 1 saturated heterocycles. The van der Waals surface area contributed by atoms with Gasteiger partial charge in [-0.25, -0.2) is 4.79 Å². The van der Waals surface area contributed by atoms with Crippen molar-refractivity contribution in [1.29, 1.82) is 0 Å². The maximum absolute atomic E-state index is 12.3. The van der Waals surface area contributed by atoms with E-state index in [1.807, 2.05) is 0 Å². The van der Waals surface area contributed by atoms with Crippen LogP contribution in [0.4, 0.5) is 9.18 Å². The predicted molar refractivity (Wildman–Crippen MR) is 49.2 cm³/mol. The Morgan fingerprint density at radius 2 is 1.77 bits per heavy atom. The quantitative estimate of drug-likeness (QED) is 0.364. The van der Waals surface area contributed by atoms with E-state index in [-0.39, 0.29) is 0 Å². The van der Waals surface area contributed by atoms with Crippen molar-refractivity contribution in [2.45, 2.75) is 13.8 Å². The van der Waals surface area contributed by atoms with Crippen LogP contribution in [0.1, 0.15) is 13.8 Å². The molecule has 0 aliphatic carbocycles. The Morgan fingerprint density at radius 3 is 2.08 bits per heavy atom. The Hall–Kier alpha value is -0.640. The Labute approximate surface area is 78.7 Å². The molecule has 0 aromatic rings. The SMILES string of the molecule is CC[N+]1(CC)CCN(C(=O)F)CC1. The molecule has 3 nitrogen and oxygen atoms in total. The van der Waals surface area contributed by atoms with Gasteiger partial charge in [-0.15, -0.1) is 4.39 Å². The van der Waals surface area contributed by atoms with Gasteiger partial charge < -0.3 is 9.38 Å². The first-order valence-corrected chi connectivity index (χ1v) is 4.93. The van der Waals surface area contributed by atoms with Gasteiger partial charge in [0, 0.05) is 0 Å². The average molecular weight is 189 g/mol. The highest BCUT2D eigenvalue weighted by atomic mass is 19.1. The predicted octanol–water partition coefficient (Wildman–Crippen LogP) is 1.25. The molecule has 1 heterocycles. The van der Waals surface area contributed by atoms with Gasteiger partial charge in [-0.1, -0.05) is 0 Å². The summed E-state index contributed by atoms with van der Waals surface area (Å²) in [5.74, 6) is 0. The number of carbonyl (C=O) groups is 1. The fourth-order valence-corrected chi connectivity index (χ4v) is 1.92. The molecular weight excluding hydrogens is 171 g/mol. The second kappa shape index (κ2) is 4.05. The molecule has 1 aliphatic rings. The molecule has 0 bridgehead atoms. The lowest BCUT2D eigenvalue weighted by atomic mass is 10.2. The zero-order chi connectivity index (χ0) is 9.90. The van der Waals surface area contributed by atoms with Crippen molar-refractivity contribution in [3.63, 3.8) is 0 Å². The maximum Gasteiger partial charge on any atom is 0.400 e. The van der Waals surface area contributed by atoms with E-state index < -0.39 is 6.16 Å². The Balaban J connectivity index is 2.50. The van der Waals surface area contributed by atoms with Gasteiger partial charge in [0.25, 0.3) is 0 Å². The van der Waals surface area contributed by atoms with Gasteiger partial charge in [0.2, 0.25) is 0 Å². The van der Waals surface area contributed by atoms with Crippen molar-refractivity contribution in [2.24, 2.45) is 0 Å². The van der Waals surface area contributed by atoms with Gasteiger partial charge in [-0.3, -0.25) is 0 Å². The van der Waals surface area contributed by atoms with Gasteiger partial charge >= 0.3 is 6.16 Å². The minimum absolute atomic E-state index is 0.566. The van der Waals surface area contributed by atoms with Gasteiger partial charge in [0.15, 0.2) is 0 Å². The molecule has 13 heavy (non-hydrogen) atoms. The topological polar surface area (TPSA) is 20.3 Å². The lowest BCUT2D eigenvalue weighted by Gasteiger charge is -2.42. The smallest absolute Gasteiger partial charge is 0.321 e. The van der Waals surface area contributed by atoms with Crippen LogP contribution in [0.25, 0.3) is 0 Å². The second-order valence-corrected chi connectivity index (χ2v) is 3.66. The zero-order valence-electron chi connectivity index (χ0n) is 8.42. The first-order chi connectivity index (χ1) is 6.13. The molecule has 0 saturated carbocycles. The van der Waals surface area contributed by atoms with E-state index in [9.17, 15) is 9.18 Å². The first kappa shape index (κ1) is 10.4. The summed E-state index contributed by atoms with van der Waals surface area (Å²) in [6.45, 7) is 9.36. The van der Waals surface area contributed by atoms with Crippen LogP contribution in [0.3, 0.4) is 0 Å². The van der Waals surface area contributed by atoms with Crippen molar-refractivity contribution < 1.29 is 13.7 Å². The summed E-state index contributed by atoms with van der Waals surface area (Å²) >= 11 is 0. The Morgan fingerprint density at radius 1 is 1.31 bits per heavy atom. The molecule has 0 aromatic heterocycles. The average Bonchev–Trinajstić information content (AvgIpc) is 2.18. The molecule has 0 aromatic carbocycles. The van der Waals surface area contributed by atoms with Crippen molar-refractivity contribution >= 4 is 6.16 Å². The number of rotatable bonds is 2. The number of nitrogens with zero attached hydrogens (tertiary/aromatic N) is 2. The molecule has 76 valence electrons. The third kappa shape index (κ3) is 2.18. The molecule has 0 radical (unpaired) electrons. The summed E-state index contributed by atoms with van der Waals surface area (Å²) in [5, 5.41) is 0. The number of carbonyl (C=O) groups excluding carboxylic acids is 1. The summed E-state index contributed by atoms with van der Waals surface area (Å²) in [7, 11) is 0. The third-order valence-corrected chi connectivity index (χ3v) is 3.28. The minimum atomic E-state index is -1.27. The molecule has 0 unspecified atom stereocenters. The van der Waals surface area contributed by atoms with E-state index in [2.05, 4.69) is 13.8 Å². The summed E-state index contributed by atoms with van der Waals surface area (Å²) in [4.78, 5) is 11.7. The van der Waals surface area contributed by atoms with Crippen molar-refractivity contribution in [1.82, 2.24) is 4.90 Å². The number of hydrogen-bond donors (Lipinski definition) is 0. The molecule has 1 amide bonds. The standard InChI is InChI=1S/C9H18FN2O/c1-3-12(4-2)7-5-11(6-8-12)9(10)13/h3-8H2,1-2H3/q+1. The van der Waals surface area contributed by atoms with Crippen LogP contribution < -0.4 is 0 Å². The largest absolute Gasteiger partial charge is 0.400 e. The number of amides is 1. The molecule has 1 rings (SSSR count). The maximum atomic E-state index is 12.3. The molecule has 4 heteroatoms. The lowest BCUT2D eigenvalue weighted by molar-refractivity contribution is -0.928. The molecule has 1 aliphatic heterocycles. The summed E-state index contributed by atoms with van der Waals surface area (Å²) in [6, 6.07) is 0. The van der Waals surface area contributed by atoms with Crippen LogP contribution in [-0.4, -0.2) is 54.8 Å². The van der Waals surface area contributed by atoms with Crippen molar-refractivity contribution in [3.05, 3.63) is 0 Å². The highest BCUT2D eigenvalue weighted by Crippen LogP contribution is 2.12. The number of likely N-dealkylation sites (N-methyl/N-ethyl adjacent to an activating group) is 1. The number of hydrogen-bond acceptors (Lipinski definition) is 1. The van der Waals surface area contributed by atoms with E-state index >= 15 is 0 Å². The highest BCUT2D eigenvalue weighted by Gasteiger charge is 2.31.